The summed E-state index contributed by atoms with van der Waals surface area (Å²) in [4.78, 5) is 43.4. The van der Waals surface area contributed by atoms with Gasteiger partial charge in [-0.3, -0.25) is 19.4 Å². The summed E-state index contributed by atoms with van der Waals surface area (Å²) in [7, 11) is 1.52. The molecule has 3 fully saturated rings. The maximum absolute atomic E-state index is 13.2. The van der Waals surface area contributed by atoms with Gasteiger partial charge in [0.25, 0.3) is 0 Å². The van der Waals surface area contributed by atoms with E-state index in [4.69, 9.17) is 0 Å². The van der Waals surface area contributed by atoms with Crippen LogP contribution in [-0.4, -0.2) is 65.3 Å². The second kappa shape index (κ2) is 8.04. The molecule has 7 heteroatoms. The molecule has 25 heavy (non-hydrogen) atoms. The lowest BCUT2D eigenvalue weighted by atomic mass is 9.82. The Kier molecular flexibility index (Phi) is 6.49. The molecule has 1 atom stereocenters. The number of carbonyl (C=O) groups is 3. The van der Waals surface area contributed by atoms with Crippen molar-refractivity contribution in [2.24, 2.45) is 5.41 Å². The molecule has 1 unspecified atom stereocenters. The minimum atomic E-state index is -1.14. The molecular formula is C18H30ClN3O3. The Hall–Kier alpha value is -1.14. The van der Waals surface area contributed by atoms with Crippen molar-refractivity contribution in [3.63, 3.8) is 0 Å². The van der Waals surface area contributed by atoms with Crippen LogP contribution in [0.1, 0.15) is 58.3 Å². The zero-order chi connectivity index (χ0) is 17.3. The standard InChI is InChI=1S/C18H29N3O3.ClH/c1-18(13-20-11-7-4-8-12-20)15(22)19(2)17(24)21(16(18)23)14-9-5-3-6-10-14;/h14H,3-13H2,1-2H3;1H. The van der Waals surface area contributed by atoms with Crippen LogP contribution < -0.4 is 0 Å². The minimum Gasteiger partial charge on any atom is -0.302 e. The molecule has 6 nitrogen and oxygen atoms in total. The zero-order valence-corrected chi connectivity index (χ0v) is 16.1. The summed E-state index contributed by atoms with van der Waals surface area (Å²) < 4.78 is 0. The highest BCUT2D eigenvalue weighted by Gasteiger charge is 2.55. The first-order chi connectivity index (χ1) is 11.4. The molecule has 3 aliphatic rings. The van der Waals surface area contributed by atoms with Gasteiger partial charge in [-0.2, -0.15) is 0 Å². The first-order valence-electron chi connectivity index (χ1n) is 9.33. The Bertz CT molecular complexity index is 530. The number of hydrogen-bond donors (Lipinski definition) is 0. The largest absolute Gasteiger partial charge is 0.333 e. The van der Waals surface area contributed by atoms with Gasteiger partial charge >= 0.3 is 6.03 Å². The third-order valence-corrected chi connectivity index (χ3v) is 5.89. The number of carbonyl (C=O) groups excluding carboxylic acids is 3. The van der Waals surface area contributed by atoms with Crippen LogP contribution in [0.2, 0.25) is 0 Å². The van der Waals surface area contributed by atoms with Gasteiger partial charge in [-0.1, -0.05) is 25.7 Å². The molecule has 0 aromatic heterocycles. The molecule has 2 aliphatic heterocycles. The Labute approximate surface area is 156 Å². The number of imide groups is 2. The van der Waals surface area contributed by atoms with Gasteiger partial charge < -0.3 is 4.90 Å². The number of barbiturate groups is 1. The summed E-state index contributed by atoms with van der Waals surface area (Å²) in [6, 6.07) is -0.483. The van der Waals surface area contributed by atoms with Crippen LogP contribution >= 0.6 is 12.4 Å². The average molecular weight is 372 g/mol. The Balaban J connectivity index is 0.00000225. The summed E-state index contributed by atoms with van der Waals surface area (Å²) in [6.45, 7) is 4.00. The van der Waals surface area contributed by atoms with Gasteiger partial charge in [0.2, 0.25) is 11.8 Å². The van der Waals surface area contributed by atoms with Gasteiger partial charge in [0, 0.05) is 19.6 Å². The van der Waals surface area contributed by atoms with E-state index in [2.05, 4.69) is 4.90 Å². The van der Waals surface area contributed by atoms with E-state index in [-0.39, 0.29) is 30.3 Å². The molecule has 2 saturated heterocycles. The number of nitrogens with zero attached hydrogens (tertiary/aromatic N) is 3. The van der Waals surface area contributed by atoms with Crippen molar-refractivity contribution in [2.45, 2.75) is 64.3 Å². The van der Waals surface area contributed by atoms with E-state index in [9.17, 15) is 14.4 Å². The van der Waals surface area contributed by atoms with E-state index in [0.29, 0.717) is 6.54 Å². The van der Waals surface area contributed by atoms with Gasteiger partial charge in [0.15, 0.2) is 0 Å². The van der Waals surface area contributed by atoms with E-state index < -0.39 is 11.4 Å². The van der Waals surface area contributed by atoms with Crippen molar-refractivity contribution in [3.05, 3.63) is 0 Å². The number of halogens is 1. The van der Waals surface area contributed by atoms with Crippen LogP contribution in [0.4, 0.5) is 4.79 Å². The monoisotopic (exact) mass is 371 g/mol. The molecule has 1 saturated carbocycles. The molecule has 4 amide bonds. The fourth-order valence-electron chi connectivity index (χ4n) is 4.42. The predicted molar refractivity (Wildman–Crippen MR) is 97.5 cm³/mol. The van der Waals surface area contributed by atoms with Crippen LogP contribution in [0.15, 0.2) is 0 Å². The molecular weight excluding hydrogens is 342 g/mol. The molecule has 3 rings (SSSR count). The lowest BCUT2D eigenvalue weighted by molar-refractivity contribution is -0.160. The summed E-state index contributed by atoms with van der Waals surface area (Å²) in [5.41, 5.74) is -1.14. The molecule has 0 radical (unpaired) electrons. The lowest BCUT2D eigenvalue weighted by Gasteiger charge is -2.46. The molecule has 1 aliphatic carbocycles. The molecule has 0 spiro atoms. The fourth-order valence-corrected chi connectivity index (χ4v) is 4.42. The topological polar surface area (TPSA) is 60.9 Å². The molecule has 2 heterocycles. The van der Waals surface area contributed by atoms with Crippen molar-refractivity contribution in [1.29, 1.82) is 0 Å². The first kappa shape index (κ1) is 20.2. The zero-order valence-electron chi connectivity index (χ0n) is 15.3. The number of amides is 4. The fraction of sp³-hybridized carbons (Fsp3) is 0.833. The molecule has 0 aromatic rings. The van der Waals surface area contributed by atoms with Crippen molar-refractivity contribution in [3.8, 4) is 0 Å². The Morgan fingerprint density at radius 1 is 0.920 bits per heavy atom. The maximum atomic E-state index is 13.2. The van der Waals surface area contributed by atoms with Crippen LogP contribution in [0.3, 0.4) is 0 Å². The average Bonchev–Trinajstić information content (AvgIpc) is 2.61. The number of urea groups is 1. The Morgan fingerprint density at radius 2 is 1.48 bits per heavy atom. The van der Waals surface area contributed by atoms with E-state index >= 15 is 0 Å². The highest BCUT2D eigenvalue weighted by atomic mass is 35.5. The van der Waals surface area contributed by atoms with E-state index in [1.54, 1.807) is 6.92 Å². The summed E-state index contributed by atoms with van der Waals surface area (Å²) in [6.07, 6.45) is 8.40. The molecule has 0 N–H and O–H groups in total. The van der Waals surface area contributed by atoms with Crippen molar-refractivity contribution < 1.29 is 14.4 Å². The molecule has 142 valence electrons. The Morgan fingerprint density at radius 3 is 2.08 bits per heavy atom. The number of piperidine rings is 1. The quantitative estimate of drug-likeness (QED) is 0.715. The van der Waals surface area contributed by atoms with Crippen molar-refractivity contribution in [2.75, 3.05) is 26.7 Å². The number of hydrogen-bond acceptors (Lipinski definition) is 4. The van der Waals surface area contributed by atoms with Gasteiger partial charge in [0.1, 0.15) is 5.41 Å². The van der Waals surface area contributed by atoms with E-state index in [1.165, 1.54) is 23.3 Å². The van der Waals surface area contributed by atoms with Crippen molar-refractivity contribution in [1.82, 2.24) is 14.7 Å². The minimum absolute atomic E-state index is 0. The maximum Gasteiger partial charge on any atom is 0.333 e. The van der Waals surface area contributed by atoms with Crippen LogP contribution in [-0.2, 0) is 9.59 Å². The lowest BCUT2D eigenvalue weighted by Crippen LogP contribution is -2.68. The van der Waals surface area contributed by atoms with Gasteiger partial charge in [0.05, 0.1) is 0 Å². The van der Waals surface area contributed by atoms with Gasteiger partial charge in [-0.25, -0.2) is 4.79 Å². The molecule has 0 bridgehead atoms. The first-order valence-corrected chi connectivity index (χ1v) is 9.33. The smallest absolute Gasteiger partial charge is 0.302 e. The van der Waals surface area contributed by atoms with Crippen LogP contribution in [0.5, 0.6) is 0 Å². The normalized spacial score (nSPS) is 29.8. The summed E-state index contributed by atoms with van der Waals surface area (Å²) in [5.74, 6) is -0.636. The third kappa shape index (κ3) is 3.70. The number of rotatable bonds is 3. The van der Waals surface area contributed by atoms with Crippen LogP contribution in [0, 0.1) is 5.41 Å². The second-order valence-corrected chi connectivity index (χ2v) is 7.78. The van der Waals surface area contributed by atoms with Crippen molar-refractivity contribution >= 4 is 30.3 Å². The third-order valence-electron chi connectivity index (χ3n) is 5.89. The summed E-state index contributed by atoms with van der Waals surface area (Å²) in [5, 5.41) is 0. The van der Waals surface area contributed by atoms with Gasteiger partial charge in [-0.05, 0) is 45.7 Å². The van der Waals surface area contributed by atoms with E-state index in [1.807, 2.05) is 0 Å². The second-order valence-electron chi connectivity index (χ2n) is 7.78. The van der Waals surface area contributed by atoms with Crippen LogP contribution in [0.25, 0.3) is 0 Å². The summed E-state index contributed by atoms with van der Waals surface area (Å²) >= 11 is 0. The molecule has 0 aromatic carbocycles. The SMILES string of the molecule is CN1C(=O)N(C2CCCCC2)C(=O)C(C)(CN2CCCCC2)C1=O.Cl. The van der Waals surface area contributed by atoms with E-state index in [0.717, 1.165) is 58.0 Å². The van der Waals surface area contributed by atoms with Gasteiger partial charge in [-0.15, -0.1) is 12.4 Å². The predicted octanol–water partition coefficient (Wildman–Crippen LogP) is 2.65. The highest BCUT2D eigenvalue weighted by molar-refractivity contribution is 6.19. The number of likely N-dealkylation sites (tertiary alicyclic amines) is 1. The highest BCUT2D eigenvalue weighted by Crippen LogP contribution is 2.34.